The van der Waals surface area contributed by atoms with Crippen molar-refractivity contribution in [3.8, 4) is 23.0 Å². The molecule has 2 aliphatic rings. The van der Waals surface area contributed by atoms with Crippen molar-refractivity contribution in [3.05, 3.63) is 54.2 Å². The van der Waals surface area contributed by atoms with E-state index in [1.165, 1.54) is 23.0 Å². The van der Waals surface area contributed by atoms with Crippen LogP contribution >= 0.6 is 11.8 Å². The zero-order chi connectivity index (χ0) is 23.9. The highest BCUT2D eigenvalue weighted by atomic mass is 32.2. The van der Waals surface area contributed by atoms with Gasteiger partial charge >= 0.3 is 0 Å². The molecule has 4 aromatic rings. The number of benzene rings is 2. The normalized spacial score (nSPS) is 19.2. The first-order valence-electron chi connectivity index (χ1n) is 11.7. The summed E-state index contributed by atoms with van der Waals surface area (Å²) in [6, 6.07) is 14.9. The summed E-state index contributed by atoms with van der Waals surface area (Å²) in [5.41, 5.74) is 7.05. The van der Waals surface area contributed by atoms with Crippen LogP contribution in [-0.4, -0.2) is 48.6 Å². The molecule has 2 atom stereocenters. The number of ether oxygens (including phenoxy) is 3. The Bertz CT molecular complexity index is 1330. The summed E-state index contributed by atoms with van der Waals surface area (Å²) in [4.78, 5) is 7.14. The standard InChI is InChI=1S/C26H28N4O4S/c1-16-6-8-17(9-7-16)29-10-4-5-18(29)15-33-22-11-19(31-2)12-23-20(22)13-24(34-23)21-14-30-25(27-21)35-26(28-30)32-3/h6-9,11-14,18,26,28H,4-5,10,15H2,1-3H3/t18-,26?/m0/s1. The van der Waals surface area contributed by atoms with E-state index in [2.05, 4.69) is 41.5 Å². The second-order valence-corrected chi connectivity index (χ2v) is 9.91. The van der Waals surface area contributed by atoms with Crippen LogP contribution in [0.1, 0.15) is 18.4 Å². The molecule has 0 amide bonds. The number of rotatable bonds is 7. The highest BCUT2D eigenvalue weighted by Crippen LogP contribution is 2.39. The van der Waals surface area contributed by atoms with Crippen molar-refractivity contribution in [2.24, 2.45) is 0 Å². The maximum atomic E-state index is 6.42. The number of aryl methyl sites for hydroxylation is 1. The van der Waals surface area contributed by atoms with E-state index in [9.17, 15) is 0 Å². The lowest BCUT2D eigenvalue weighted by Crippen LogP contribution is -2.34. The molecule has 0 saturated carbocycles. The van der Waals surface area contributed by atoms with Gasteiger partial charge in [-0.2, -0.15) is 0 Å². The van der Waals surface area contributed by atoms with Crippen LogP contribution in [0.5, 0.6) is 11.5 Å². The monoisotopic (exact) mass is 492 g/mol. The summed E-state index contributed by atoms with van der Waals surface area (Å²) in [5, 5.41) is 1.74. The predicted octanol–water partition coefficient (Wildman–Crippen LogP) is 5.24. The van der Waals surface area contributed by atoms with Crippen LogP contribution in [0.2, 0.25) is 0 Å². The molecule has 8 nitrogen and oxygen atoms in total. The van der Waals surface area contributed by atoms with Crippen molar-refractivity contribution in [1.82, 2.24) is 9.66 Å². The Kier molecular flexibility index (Phi) is 5.74. The van der Waals surface area contributed by atoms with Crippen LogP contribution in [0.15, 0.2) is 58.2 Å². The Hall–Kier alpha value is -3.30. The maximum absolute atomic E-state index is 6.42. The SMILES string of the molecule is COc1cc(OC[C@@H]2CCCN2c2ccc(C)cc2)c2cc(-c3cn4c(n3)SC(OC)N4)oc2c1. The lowest BCUT2D eigenvalue weighted by atomic mass is 10.2. The number of hydrogen-bond donors (Lipinski definition) is 1. The average molecular weight is 493 g/mol. The second kappa shape index (κ2) is 9.05. The fraction of sp³-hybridized carbons (Fsp3) is 0.346. The van der Waals surface area contributed by atoms with Gasteiger partial charge < -0.3 is 23.5 Å². The minimum Gasteiger partial charge on any atom is -0.496 e. The highest BCUT2D eigenvalue weighted by Gasteiger charge is 2.27. The summed E-state index contributed by atoms with van der Waals surface area (Å²) >= 11 is 1.52. The highest BCUT2D eigenvalue weighted by molar-refractivity contribution is 7.99. The van der Waals surface area contributed by atoms with Crippen molar-refractivity contribution in [2.45, 2.75) is 36.5 Å². The lowest BCUT2D eigenvalue weighted by Gasteiger charge is -2.27. The minimum absolute atomic E-state index is 0.137. The van der Waals surface area contributed by atoms with E-state index in [4.69, 9.17) is 23.6 Å². The molecule has 2 aromatic carbocycles. The van der Waals surface area contributed by atoms with Gasteiger partial charge in [-0.05, 0) is 49.7 Å². The molecule has 1 fully saturated rings. The van der Waals surface area contributed by atoms with Gasteiger partial charge in [-0.1, -0.05) is 17.7 Å². The molecule has 6 rings (SSSR count). The van der Waals surface area contributed by atoms with Crippen molar-refractivity contribution in [1.29, 1.82) is 0 Å². The Morgan fingerprint density at radius 3 is 2.80 bits per heavy atom. The molecule has 9 heteroatoms. The number of anilines is 1. The zero-order valence-electron chi connectivity index (χ0n) is 20.0. The molecule has 0 bridgehead atoms. The number of aromatic nitrogens is 2. The van der Waals surface area contributed by atoms with Crippen LogP contribution in [0, 0.1) is 6.92 Å². The molecular weight excluding hydrogens is 464 g/mol. The molecule has 35 heavy (non-hydrogen) atoms. The third kappa shape index (κ3) is 4.19. The topological polar surface area (TPSA) is 73.9 Å². The van der Waals surface area contributed by atoms with E-state index in [0.717, 1.165) is 41.4 Å². The first kappa shape index (κ1) is 22.2. The third-order valence-electron chi connectivity index (χ3n) is 6.58. The molecule has 0 aliphatic carbocycles. The predicted molar refractivity (Wildman–Crippen MR) is 137 cm³/mol. The first-order valence-corrected chi connectivity index (χ1v) is 12.6. The van der Waals surface area contributed by atoms with Crippen LogP contribution in [0.4, 0.5) is 5.69 Å². The second-order valence-electron chi connectivity index (χ2n) is 8.88. The van der Waals surface area contributed by atoms with Gasteiger partial charge in [0.2, 0.25) is 0 Å². The van der Waals surface area contributed by atoms with Gasteiger partial charge in [0.25, 0.3) is 0 Å². The Morgan fingerprint density at radius 1 is 1.17 bits per heavy atom. The van der Waals surface area contributed by atoms with E-state index in [1.807, 2.05) is 29.1 Å². The van der Waals surface area contributed by atoms with Gasteiger partial charge in [-0.3, -0.25) is 5.43 Å². The number of furan rings is 1. The van der Waals surface area contributed by atoms with Crippen molar-refractivity contribution < 1.29 is 18.6 Å². The molecule has 2 aromatic heterocycles. The number of methoxy groups -OCH3 is 2. The fourth-order valence-electron chi connectivity index (χ4n) is 4.71. The van der Waals surface area contributed by atoms with Crippen LogP contribution < -0.4 is 19.8 Å². The first-order chi connectivity index (χ1) is 17.1. The van der Waals surface area contributed by atoms with Crippen LogP contribution in [0.25, 0.3) is 22.4 Å². The quantitative estimate of drug-likeness (QED) is 0.376. The van der Waals surface area contributed by atoms with Gasteiger partial charge in [0.1, 0.15) is 29.4 Å². The number of hydrogen-bond acceptors (Lipinski definition) is 8. The molecular formula is C26H28N4O4S. The summed E-state index contributed by atoms with van der Waals surface area (Å²) < 4.78 is 25.3. The molecule has 182 valence electrons. The lowest BCUT2D eigenvalue weighted by molar-refractivity contribution is 0.187. The molecule has 1 N–H and O–H groups in total. The number of nitrogens with zero attached hydrogens (tertiary/aromatic N) is 3. The molecule has 1 unspecified atom stereocenters. The van der Waals surface area contributed by atoms with E-state index in [-0.39, 0.29) is 5.56 Å². The van der Waals surface area contributed by atoms with Crippen LogP contribution in [-0.2, 0) is 4.74 Å². The van der Waals surface area contributed by atoms with Crippen molar-refractivity contribution in [3.63, 3.8) is 0 Å². The van der Waals surface area contributed by atoms with Gasteiger partial charge in [0.15, 0.2) is 16.5 Å². The molecule has 0 spiro atoms. The van der Waals surface area contributed by atoms with Crippen molar-refractivity contribution in [2.75, 3.05) is 37.7 Å². The molecule has 1 saturated heterocycles. The van der Waals surface area contributed by atoms with E-state index < -0.39 is 0 Å². The van der Waals surface area contributed by atoms with E-state index in [0.29, 0.717) is 29.7 Å². The number of nitrogens with one attached hydrogen (secondary N) is 1. The average Bonchev–Trinajstić information content (AvgIpc) is 3.64. The maximum Gasteiger partial charge on any atom is 0.196 e. The Balaban J connectivity index is 1.25. The summed E-state index contributed by atoms with van der Waals surface area (Å²) in [5.74, 6) is 2.13. The smallest absolute Gasteiger partial charge is 0.196 e. The summed E-state index contributed by atoms with van der Waals surface area (Å²) in [7, 11) is 3.32. The molecule has 2 aliphatic heterocycles. The van der Waals surface area contributed by atoms with E-state index in [1.54, 1.807) is 14.2 Å². The Morgan fingerprint density at radius 2 is 2.03 bits per heavy atom. The van der Waals surface area contributed by atoms with E-state index >= 15 is 0 Å². The number of imidazole rings is 1. The summed E-state index contributed by atoms with van der Waals surface area (Å²) in [6.07, 6.45) is 4.17. The number of fused-ring (bicyclic) bond motifs is 2. The van der Waals surface area contributed by atoms with Gasteiger partial charge in [-0.15, -0.1) is 0 Å². The minimum atomic E-state index is -0.137. The number of thioether (sulfide) groups is 1. The van der Waals surface area contributed by atoms with Gasteiger partial charge in [0, 0.05) is 31.5 Å². The van der Waals surface area contributed by atoms with Gasteiger partial charge in [0.05, 0.1) is 24.7 Å². The Labute approximate surface area is 208 Å². The zero-order valence-corrected chi connectivity index (χ0v) is 20.8. The van der Waals surface area contributed by atoms with Crippen molar-refractivity contribution >= 4 is 28.4 Å². The largest absolute Gasteiger partial charge is 0.496 e. The van der Waals surface area contributed by atoms with Crippen LogP contribution in [0.3, 0.4) is 0 Å². The van der Waals surface area contributed by atoms with Gasteiger partial charge in [-0.25, -0.2) is 9.66 Å². The third-order valence-corrected chi connectivity index (χ3v) is 7.59. The summed E-state index contributed by atoms with van der Waals surface area (Å²) in [6.45, 7) is 3.75. The molecule has 0 radical (unpaired) electrons. The molecule has 4 heterocycles. The fourth-order valence-corrected chi connectivity index (χ4v) is 5.54.